The summed E-state index contributed by atoms with van der Waals surface area (Å²) in [5, 5.41) is 4.18. The van der Waals surface area contributed by atoms with Gasteiger partial charge >= 0.3 is 0 Å². The van der Waals surface area contributed by atoms with Crippen LogP contribution in [0.5, 0.6) is 0 Å². The van der Waals surface area contributed by atoms with Gasteiger partial charge in [-0.2, -0.15) is 0 Å². The van der Waals surface area contributed by atoms with E-state index in [1.54, 1.807) is 6.07 Å². The summed E-state index contributed by atoms with van der Waals surface area (Å²) in [4.78, 5) is 38.0. The average Bonchev–Trinajstić information content (AvgIpc) is 3.00. The highest BCUT2D eigenvalue weighted by atomic mass is 32.2. The van der Waals surface area contributed by atoms with E-state index in [2.05, 4.69) is 5.32 Å². The van der Waals surface area contributed by atoms with Crippen molar-refractivity contribution in [2.45, 2.75) is 11.7 Å². The van der Waals surface area contributed by atoms with Crippen LogP contribution in [0.4, 0.5) is 15.8 Å². The number of nitrogens with one attached hydrogen (secondary N) is 1. The number of carbonyl (C=O) groups excluding carboxylic acids is 3. The molecule has 3 amide bonds. The van der Waals surface area contributed by atoms with Crippen molar-refractivity contribution in [3.8, 4) is 0 Å². The maximum Gasteiger partial charge on any atom is 0.247 e. The molecule has 0 aromatic heterocycles. The fraction of sp³-hybridized carbons (Fsp3) is 0.136. The zero-order valence-electron chi connectivity index (χ0n) is 15.3. The number of halogens is 1. The fourth-order valence-electron chi connectivity index (χ4n) is 3.26. The zero-order valence-corrected chi connectivity index (χ0v) is 16.1. The lowest BCUT2D eigenvalue weighted by molar-refractivity contribution is -0.121. The summed E-state index contributed by atoms with van der Waals surface area (Å²) >= 11 is 1.08. The molecule has 0 radical (unpaired) electrons. The number of benzene rings is 3. The molecule has 29 heavy (non-hydrogen) atoms. The van der Waals surface area contributed by atoms with E-state index in [0.29, 0.717) is 5.69 Å². The average molecular weight is 408 g/mol. The Morgan fingerprint density at radius 3 is 2.55 bits per heavy atom. The highest BCUT2D eigenvalue weighted by Crippen LogP contribution is 2.31. The second-order valence-corrected chi connectivity index (χ2v) is 7.82. The van der Waals surface area contributed by atoms with Gasteiger partial charge in [0.15, 0.2) is 0 Å². The van der Waals surface area contributed by atoms with Crippen molar-refractivity contribution < 1.29 is 18.8 Å². The molecule has 3 aromatic rings. The molecule has 1 aliphatic rings. The number of hydrogen-bond acceptors (Lipinski definition) is 4. The van der Waals surface area contributed by atoms with Crippen molar-refractivity contribution >= 4 is 51.6 Å². The van der Waals surface area contributed by atoms with Gasteiger partial charge in [0, 0.05) is 12.1 Å². The number of para-hydroxylation sites is 1. The monoisotopic (exact) mass is 408 g/mol. The first kappa shape index (κ1) is 19.1. The largest absolute Gasteiger partial charge is 0.325 e. The van der Waals surface area contributed by atoms with Gasteiger partial charge in [-0.1, -0.05) is 42.5 Å². The smallest absolute Gasteiger partial charge is 0.247 e. The summed E-state index contributed by atoms with van der Waals surface area (Å²) in [6.45, 7) is 0. The summed E-state index contributed by atoms with van der Waals surface area (Å²) in [6, 6.07) is 19.1. The minimum Gasteiger partial charge on any atom is -0.325 e. The van der Waals surface area contributed by atoms with Gasteiger partial charge in [-0.3, -0.25) is 14.4 Å². The summed E-state index contributed by atoms with van der Waals surface area (Å²) in [5.41, 5.74) is 0.613. The molecule has 0 unspecified atom stereocenters. The van der Waals surface area contributed by atoms with E-state index in [1.165, 1.54) is 18.2 Å². The molecule has 7 heteroatoms. The Kier molecular flexibility index (Phi) is 5.31. The molecule has 1 aliphatic heterocycles. The van der Waals surface area contributed by atoms with Crippen LogP contribution in [-0.2, 0) is 14.4 Å². The van der Waals surface area contributed by atoms with Gasteiger partial charge in [0.25, 0.3) is 0 Å². The molecule has 1 saturated heterocycles. The van der Waals surface area contributed by atoms with Crippen LogP contribution in [0.25, 0.3) is 10.8 Å². The molecule has 3 aromatic carbocycles. The van der Waals surface area contributed by atoms with Gasteiger partial charge < -0.3 is 5.32 Å². The maximum atomic E-state index is 14.0. The normalized spacial score (nSPS) is 16.4. The number of rotatable bonds is 5. The van der Waals surface area contributed by atoms with Crippen molar-refractivity contribution in [3.63, 3.8) is 0 Å². The van der Waals surface area contributed by atoms with Gasteiger partial charge in [-0.05, 0) is 35.0 Å². The lowest BCUT2D eigenvalue weighted by atomic mass is 10.1. The molecule has 1 N–H and O–H groups in total. The third-order valence-corrected chi connectivity index (χ3v) is 5.85. The number of thioether (sulfide) groups is 1. The summed E-state index contributed by atoms with van der Waals surface area (Å²) in [7, 11) is 0. The molecule has 1 heterocycles. The number of nitrogens with zero attached hydrogens (tertiary/aromatic N) is 1. The van der Waals surface area contributed by atoms with Crippen LogP contribution >= 0.6 is 11.8 Å². The Bertz CT molecular complexity index is 1120. The first-order valence-corrected chi connectivity index (χ1v) is 10.1. The third kappa shape index (κ3) is 4.00. The molecule has 4 rings (SSSR count). The predicted molar refractivity (Wildman–Crippen MR) is 112 cm³/mol. The first-order chi connectivity index (χ1) is 14.0. The lowest BCUT2D eigenvalue weighted by Crippen LogP contribution is -2.32. The van der Waals surface area contributed by atoms with Crippen LogP contribution < -0.4 is 10.2 Å². The Morgan fingerprint density at radius 2 is 1.76 bits per heavy atom. The summed E-state index contributed by atoms with van der Waals surface area (Å²) in [5.74, 6) is -1.85. The predicted octanol–water partition coefficient (Wildman–Crippen LogP) is 3.98. The van der Waals surface area contributed by atoms with Gasteiger partial charge in [0.05, 0.1) is 16.7 Å². The standard InChI is InChI=1S/C22H17FN2O3S/c23-17-7-3-4-8-18(17)25-21(27)12-19(22(25)28)29-13-20(26)24-16-10-9-14-5-1-2-6-15(14)11-16/h1-11,19H,12-13H2,(H,24,26)/t19-/m0/s1. The first-order valence-electron chi connectivity index (χ1n) is 9.04. The quantitative estimate of drug-likeness (QED) is 0.649. The highest BCUT2D eigenvalue weighted by molar-refractivity contribution is 8.01. The van der Waals surface area contributed by atoms with Crippen LogP contribution in [0, 0.1) is 5.82 Å². The number of hydrogen-bond donors (Lipinski definition) is 1. The molecular weight excluding hydrogens is 391 g/mol. The van der Waals surface area contributed by atoms with E-state index in [0.717, 1.165) is 27.4 Å². The van der Waals surface area contributed by atoms with Crippen molar-refractivity contribution in [3.05, 3.63) is 72.5 Å². The van der Waals surface area contributed by atoms with Gasteiger partial charge in [-0.25, -0.2) is 9.29 Å². The van der Waals surface area contributed by atoms with Crippen molar-refractivity contribution in [1.29, 1.82) is 0 Å². The Morgan fingerprint density at radius 1 is 1.03 bits per heavy atom. The number of carbonyl (C=O) groups is 3. The molecule has 0 spiro atoms. The highest BCUT2D eigenvalue weighted by Gasteiger charge is 2.41. The minimum atomic E-state index is -0.704. The molecular formula is C22H17FN2O3S. The van der Waals surface area contributed by atoms with Crippen molar-refractivity contribution in [1.82, 2.24) is 0 Å². The number of fused-ring (bicyclic) bond motifs is 1. The van der Waals surface area contributed by atoms with E-state index >= 15 is 0 Å². The van der Waals surface area contributed by atoms with Crippen LogP contribution in [-0.4, -0.2) is 28.7 Å². The Hall–Kier alpha value is -3.19. The molecule has 5 nitrogen and oxygen atoms in total. The van der Waals surface area contributed by atoms with E-state index in [-0.39, 0.29) is 23.8 Å². The summed E-state index contributed by atoms with van der Waals surface area (Å²) < 4.78 is 14.0. The van der Waals surface area contributed by atoms with Crippen LogP contribution in [0.3, 0.4) is 0 Å². The number of anilines is 2. The van der Waals surface area contributed by atoms with Crippen molar-refractivity contribution in [2.24, 2.45) is 0 Å². The van der Waals surface area contributed by atoms with Crippen molar-refractivity contribution in [2.75, 3.05) is 16.0 Å². The molecule has 1 atom stereocenters. The van der Waals surface area contributed by atoms with E-state index in [4.69, 9.17) is 0 Å². The minimum absolute atomic E-state index is 0.0155. The van der Waals surface area contributed by atoms with Gasteiger partial charge in [-0.15, -0.1) is 11.8 Å². The van der Waals surface area contributed by atoms with E-state index < -0.39 is 22.9 Å². The Balaban J connectivity index is 1.38. The molecule has 0 bridgehead atoms. The van der Waals surface area contributed by atoms with E-state index in [1.807, 2.05) is 42.5 Å². The lowest BCUT2D eigenvalue weighted by Gasteiger charge is -2.15. The topological polar surface area (TPSA) is 66.5 Å². The second-order valence-electron chi connectivity index (χ2n) is 6.63. The molecule has 1 fully saturated rings. The summed E-state index contributed by atoms with van der Waals surface area (Å²) in [6.07, 6.45) is -0.0545. The molecule has 0 saturated carbocycles. The SMILES string of the molecule is O=C(CS[C@H]1CC(=O)N(c2ccccc2F)C1=O)Nc1ccc2ccccc2c1. The van der Waals surface area contributed by atoms with Crippen LogP contribution in [0.2, 0.25) is 0 Å². The number of amides is 3. The number of imide groups is 1. The maximum absolute atomic E-state index is 14.0. The zero-order chi connectivity index (χ0) is 20.4. The second kappa shape index (κ2) is 8.05. The van der Waals surface area contributed by atoms with Gasteiger partial charge in [0.1, 0.15) is 5.82 Å². The van der Waals surface area contributed by atoms with E-state index in [9.17, 15) is 18.8 Å². The van der Waals surface area contributed by atoms with Crippen LogP contribution in [0.1, 0.15) is 6.42 Å². The van der Waals surface area contributed by atoms with Crippen LogP contribution in [0.15, 0.2) is 66.7 Å². The molecule has 0 aliphatic carbocycles. The molecule has 146 valence electrons. The fourth-order valence-corrected chi connectivity index (χ4v) is 4.19. The Labute approximate surface area is 170 Å². The third-order valence-electron chi connectivity index (χ3n) is 4.65. The van der Waals surface area contributed by atoms with Gasteiger partial charge in [0.2, 0.25) is 17.7 Å².